The van der Waals surface area contributed by atoms with E-state index < -0.39 is 8.32 Å². The number of carbonyl (C=O) groups is 1. The number of nitrogens with one attached hydrogen (secondary N) is 1. The van der Waals surface area contributed by atoms with E-state index in [0.717, 1.165) is 28.6 Å². The Labute approximate surface area is 253 Å². The van der Waals surface area contributed by atoms with E-state index in [-0.39, 0.29) is 30.5 Å². The average Bonchev–Trinajstić information content (AvgIpc) is 3.48. The summed E-state index contributed by atoms with van der Waals surface area (Å²) in [5, 5.41) is 18.4. The molecule has 1 fully saturated rings. The molecule has 4 rings (SSSR count). The number of aliphatic hydroxyl groups excluding tert-OH is 1. The Bertz CT molecular complexity index is 1320. The van der Waals surface area contributed by atoms with Crippen LogP contribution in [0.15, 0.2) is 47.3 Å². The molecule has 1 saturated carbocycles. The third-order valence-electron chi connectivity index (χ3n) is 8.66. The predicted molar refractivity (Wildman–Crippen MR) is 169 cm³/mol. The van der Waals surface area contributed by atoms with Gasteiger partial charge in [0.15, 0.2) is 0 Å². The molecule has 2 N–H and O–H groups in total. The second kappa shape index (κ2) is 13.3. The summed E-state index contributed by atoms with van der Waals surface area (Å²) >= 11 is 3.52. The molecular formula is C31H44BrN5O3Si. The van der Waals surface area contributed by atoms with Crippen LogP contribution in [0.25, 0.3) is 0 Å². The third kappa shape index (κ3) is 6.82. The van der Waals surface area contributed by atoms with Crippen LogP contribution in [0.2, 0.25) is 16.6 Å². The zero-order valence-corrected chi connectivity index (χ0v) is 27.9. The molecule has 10 heteroatoms. The van der Waals surface area contributed by atoms with E-state index in [9.17, 15) is 9.90 Å². The second-order valence-electron chi connectivity index (χ2n) is 12.3. The first kappa shape index (κ1) is 31.5. The summed E-state index contributed by atoms with van der Waals surface area (Å²) in [5.74, 6) is 0.305. The van der Waals surface area contributed by atoms with Gasteiger partial charge in [0.2, 0.25) is 14.1 Å². The van der Waals surface area contributed by atoms with Gasteiger partial charge in [-0.05, 0) is 60.2 Å². The molecule has 3 atom stereocenters. The first-order valence-electron chi connectivity index (χ1n) is 14.6. The fourth-order valence-electron chi connectivity index (χ4n) is 6.74. The van der Waals surface area contributed by atoms with E-state index >= 15 is 0 Å². The SMILES string of the molecule is Cc1cc(C(=O)c2cncnc2N[C@@H]2C[C@H](CO)[C@@H](O[Si](C(C)C)(C(C)C)C(C)C)C2)nn1Cc1cccc(Br)c1. The van der Waals surface area contributed by atoms with Crippen LogP contribution >= 0.6 is 15.9 Å². The van der Waals surface area contributed by atoms with Gasteiger partial charge in [0.25, 0.3) is 0 Å². The number of aliphatic hydroxyl groups is 1. The number of benzene rings is 1. The first-order chi connectivity index (χ1) is 19.5. The molecule has 3 aromatic rings. The highest BCUT2D eigenvalue weighted by Crippen LogP contribution is 2.46. The molecule has 1 aliphatic rings. The lowest BCUT2D eigenvalue weighted by Gasteiger charge is -2.45. The van der Waals surface area contributed by atoms with Crippen LogP contribution in [-0.2, 0) is 11.0 Å². The summed E-state index contributed by atoms with van der Waals surface area (Å²) < 4.78 is 9.94. The van der Waals surface area contributed by atoms with Gasteiger partial charge >= 0.3 is 0 Å². The maximum atomic E-state index is 13.6. The molecule has 222 valence electrons. The van der Waals surface area contributed by atoms with Crippen molar-refractivity contribution in [2.75, 3.05) is 11.9 Å². The number of aromatic nitrogens is 4. The Morgan fingerprint density at radius 2 is 1.85 bits per heavy atom. The smallest absolute Gasteiger partial charge is 0.218 e. The van der Waals surface area contributed by atoms with Gasteiger partial charge in [-0.1, -0.05) is 69.6 Å². The number of rotatable bonds is 12. The fraction of sp³-hybridized carbons (Fsp3) is 0.548. The molecule has 2 aromatic heterocycles. The van der Waals surface area contributed by atoms with E-state index in [2.05, 4.69) is 77.9 Å². The van der Waals surface area contributed by atoms with E-state index in [1.807, 2.05) is 41.9 Å². The van der Waals surface area contributed by atoms with E-state index in [1.54, 1.807) is 6.20 Å². The summed E-state index contributed by atoms with van der Waals surface area (Å²) in [5.41, 5.74) is 4.13. The van der Waals surface area contributed by atoms with E-state index in [0.29, 0.717) is 40.2 Å². The van der Waals surface area contributed by atoms with Crippen molar-refractivity contribution < 1.29 is 14.3 Å². The molecule has 0 spiro atoms. The zero-order valence-electron chi connectivity index (χ0n) is 25.3. The molecule has 41 heavy (non-hydrogen) atoms. The van der Waals surface area contributed by atoms with Gasteiger partial charge in [-0.15, -0.1) is 0 Å². The Morgan fingerprint density at radius 1 is 1.15 bits per heavy atom. The lowest BCUT2D eigenvalue weighted by Crippen LogP contribution is -2.51. The van der Waals surface area contributed by atoms with Crippen molar-refractivity contribution in [3.63, 3.8) is 0 Å². The minimum atomic E-state index is -2.11. The lowest BCUT2D eigenvalue weighted by atomic mass is 10.1. The van der Waals surface area contributed by atoms with Crippen LogP contribution in [-0.4, -0.2) is 57.7 Å². The van der Waals surface area contributed by atoms with Crippen LogP contribution < -0.4 is 5.32 Å². The van der Waals surface area contributed by atoms with Crippen LogP contribution in [0, 0.1) is 12.8 Å². The van der Waals surface area contributed by atoms with Crippen molar-refractivity contribution in [2.45, 2.75) is 96.6 Å². The summed E-state index contributed by atoms with van der Waals surface area (Å²) in [6.07, 6.45) is 4.48. The highest BCUT2D eigenvalue weighted by Gasteiger charge is 2.49. The molecule has 1 aromatic carbocycles. The number of halogens is 1. The van der Waals surface area contributed by atoms with E-state index in [1.165, 1.54) is 6.33 Å². The van der Waals surface area contributed by atoms with Crippen molar-refractivity contribution >= 4 is 35.8 Å². The number of hydrogen-bond acceptors (Lipinski definition) is 7. The maximum Gasteiger partial charge on any atom is 0.218 e. The molecule has 0 bridgehead atoms. The van der Waals surface area contributed by atoms with Gasteiger partial charge in [-0.2, -0.15) is 5.10 Å². The normalized spacial score (nSPS) is 19.5. The topological polar surface area (TPSA) is 102 Å². The van der Waals surface area contributed by atoms with Crippen molar-refractivity contribution in [3.05, 3.63) is 69.8 Å². The average molecular weight is 643 g/mol. The second-order valence-corrected chi connectivity index (χ2v) is 18.6. The highest BCUT2D eigenvalue weighted by molar-refractivity contribution is 9.10. The fourth-order valence-corrected chi connectivity index (χ4v) is 12.8. The first-order valence-corrected chi connectivity index (χ1v) is 17.6. The van der Waals surface area contributed by atoms with Crippen molar-refractivity contribution in [2.24, 2.45) is 5.92 Å². The molecule has 8 nitrogen and oxygen atoms in total. The molecule has 1 aliphatic carbocycles. The minimum Gasteiger partial charge on any atom is -0.413 e. The Morgan fingerprint density at radius 3 is 2.49 bits per heavy atom. The number of aryl methyl sites for hydroxylation is 1. The van der Waals surface area contributed by atoms with Crippen molar-refractivity contribution in [3.8, 4) is 0 Å². The molecule has 0 saturated heterocycles. The van der Waals surface area contributed by atoms with Gasteiger partial charge in [-0.3, -0.25) is 9.48 Å². The molecule has 0 aliphatic heterocycles. The third-order valence-corrected chi connectivity index (χ3v) is 15.3. The van der Waals surface area contributed by atoms with Gasteiger partial charge in [0.05, 0.1) is 18.2 Å². The zero-order chi connectivity index (χ0) is 29.9. The lowest BCUT2D eigenvalue weighted by molar-refractivity contribution is 0.0941. The quantitative estimate of drug-likeness (QED) is 0.166. The van der Waals surface area contributed by atoms with Gasteiger partial charge in [0, 0.05) is 34.9 Å². The molecular weight excluding hydrogens is 598 g/mol. The standard InChI is InChI=1S/C31H44BrN5O3Si/c1-19(2)41(20(3)4,21(5)6)40-29-14-26(13-24(29)17-38)35-31-27(15-33-18-34-31)30(39)28-11-22(7)37(36-28)16-23-9-8-10-25(32)12-23/h8-12,15,18-21,24,26,29,38H,13-14,16-17H2,1-7H3,(H,33,34,35)/t24-,26-,29+/m1/s1. The largest absolute Gasteiger partial charge is 0.413 e. The summed E-state index contributed by atoms with van der Waals surface area (Å²) in [6.45, 7) is 16.3. The monoisotopic (exact) mass is 641 g/mol. The molecule has 0 unspecified atom stereocenters. The number of nitrogens with zero attached hydrogens (tertiary/aromatic N) is 4. The Kier molecular flexibility index (Phi) is 10.2. The summed E-state index contributed by atoms with van der Waals surface area (Å²) in [6, 6.07) is 9.88. The van der Waals surface area contributed by atoms with Gasteiger partial charge in [0.1, 0.15) is 17.8 Å². The number of ketones is 1. The summed E-state index contributed by atoms with van der Waals surface area (Å²) in [7, 11) is -2.11. The summed E-state index contributed by atoms with van der Waals surface area (Å²) in [4.78, 5) is 22.3. The van der Waals surface area contributed by atoms with Crippen LogP contribution in [0.4, 0.5) is 5.82 Å². The maximum absolute atomic E-state index is 13.6. The molecule has 2 heterocycles. The van der Waals surface area contributed by atoms with Crippen molar-refractivity contribution in [1.82, 2.24) is 19.7 Å². The number of carbonyl (C=O) groups excluding carboxylic acids is 1. The molecule has 0 radical (unpaired) electrons. The van der Waals surface area contributed by atoms with Crippen LogP contribution in [0.5, 0.6) is 0 Å². The van der Waals surface area contributed by atoms with E-state index in [4.69, 9.17) is 4.43 Å². The Balaban J connectivity index is 1.52. The minimum absolute atomic E-state index is 0.0209. The van der Waals surface area contributed by atoms with Crippen molar-refractivity contribution in [1.29, 1.82) is 0 Å². The predicted octanol–water partition coefficient (Wildman–Crippen LogP) is 6.77. The highest BCUT2D eigenvalue weighted by atomic mass is 79.9. The number of anilines is 1. The number of hydrogen-bond donors (Lipinski definition) is 2. The van der Waals surface area contributed by atoms with Crippen LogP contribution in [0.1, 0.15) is 81.7 Å². The Hall–Kier alpha value is -2.40. The van der Waals surface area contributed by atoms with Gasteiger partial charge in [-0.25, -0.2) is 9.97 Å². The van der Waals surface area contributed by atoms with Crippen LogP contribution in [0.3, 0.4) is 0 Å². The van der Waals surface area contributed by atoms with Gasteiger partial charge < -0.3 is 14.8 Å². The molecule has 0 amide bonds.